The summed E-state index contributed by atoms with van der Waals surface area (Å²) in [7, 11) is 1.63. The number of likely N-dealkylation sites (tertiary alicyclic amines) is 1. The molecule has 156 valence electrons. The molecule has 6 heteroatoms. The minimum Gasteiger partial charge on any atom is -0.497 e. The van der Waals surface area contributed by atoms with E-state index in [1.807, 2.05) is 63.8 Å². The molecular weight excluding hydrogens is 356 g/mol. The molecule has 2 rings (SSSR count). The number of amides is 2. The zero-order valence-electron chi connectivity index (χ0n) is 18.0. The molecule has 28 heavy (non-hydrogen) atoms. The van der Waals surface area contributed by atoms with Crippen LogP contribution in [0.25, 0.3) is 0 Å². The van der Waals surface area contributed by atoms with Crippen molar-refractivity contribution in [3.05, 3.63) is 29.8 Å². The van der Waals surface area contributed by atoms with E-state index in [1.54, 1.807) is 12.0 Å². The third kappa shape index (κ3) is 5.88. The second kappa shape index (κ2) is 9.30. The molecule has 0 aliphatic carbocycles. The molecule has 0 radical (unpaired) electrons. The number of nitrogens with zero attached hydrogens (tertiary/aromatic N) is 2. The van der Waals surface area contributed by atoms with Crippen molar-refractivity contribution in [1.82, 2.24) is 9.80 Å². The van der Waals surface area contributed by atoms with Crippen molar-refractivity contribution in [2.24, 2.45) is 0 Å². The molecule has 1 aromatic rings. The lowest BCUT2D eigenvalue weighted by molar-refractivity contribution is -0.140. The molecule has 0 saturated carbocycles. The lowest BCUT2D eigenvalue weighted by Gasteiger charge is -2.39. The fourth-order valence-corrected chi connectivity index (χ4v) is 3.36. The van der Waals surface area contributed by atoms with Gasteiger partial charge in [0.25, 0.3) is 0 Å². The Labute approximate surface area is 168 Å². The highest BCUT2D eigenvalue weighted by Crippen LogP contribution is 2.24. The minimum absolute atomic E-state index is 0.0172. The van der Waals surface area contributed by atoms with Gasteiger partial charge in [0.1, 0.15) is 17.4 Å². The van der Waals surface area contributed by atoms with Gasteiger partial charge in [0, 0.05) is 19.1 Å². The third-order valence-electron chi connectivity index (χ3n) is 4.83. The fourth-order valence-electron chi connectivity index (χ4n) is 3.36. The Morgan fingerprint density at radius 3 is 2.36 bits per heavy atom. The maximum atomic E-state index is 13.4. The Kier molecular flexibility index (Phi) is 7.33. The molecule has 0 aromatic heterocycles. The van der Waals surface area contributed by atoms with Gasteiger partial charge in [-0.25, -0.2) is 4.79 Å². The zero-order valence-corrected chi connectivity index (χ0v) is 18.0. The molecular formula is C22H34N2O4. The second-order valence-electron chi connectivity index (χ2n) is 8.59. The van der Waals surface area contributed by atoms with Crippen LogP contribution in [-0.4, -0.2) is 53.1 Å². The van der Waals surface area contributed by atoms with Crippen molar-refractivity contribution in [1.29, 1.82) is 0 Å². The van der Waals surface area contributed by atoms with Gasteiger partial charge >= 0.3 is 6.09 Å². The number of ether oxygens (including phenoxy) is 2. The van der Waals surface area contributed by atoms with Crippen LogP contribution in [0.5, 0.6) is 5.75 Å². The highest BCUT2D eigenvalue weighted by atomic mass is 16.6. The van der Waals surface area contributed by atoms with Gasteiger partial charge in [-0.3, -0.25) is 9.69 Å². The van der Waals surface area contributed by atoms with E-state index in [0.29, 0.717) is 19.5 Å². The van der Waals surface area contributed by atoms with E-state index in [9.17, 15) is 9.59 Å². The van der Waals surface area contributed by atoms with E-state index in [4.69, 9.17) is 9.47 Å². The number of hydrogen-bond donors (Lipinski definition) is 0. The van der Waals surface area contributed by atoms with E-state index in [2.05, 4.69) is 0 Å². The van der Waals surface area contributed by atoms with Crippen LogP contribution in [0.4, 0.5) is 4.79 Å². The summed E-state index contributed by atoms with van der Waals surface area (Å²) in [6.45, 7) is 10.6. The number of carbonyl (C=O) groups is 2. The normalized spacial score (nSPS) is 17.4. The first-order valence-corrected chi connectivity index (χ1v) is 10.1. The maximum absolute atomic E-state index is 13.4. The number of rotatable bonds is 5. The summed E-state index contributed by atoms with van der Waals surface area (Å²) in [6.07, 6.45) is 2.09. The first-order chi connectivity index (χ1) is 13.1. The number of carbonyl (C=O) groups excluding carboxylic acids is 2. The largest absolute Gasteiger partial charge is 0.497 e. The molecule has 1 unspecified atom stereocenters. The molecule has 0 spiro atoms. The molecule has 1 heterocycles. The van der Waals surface area contributed by atoms with Crippen molar-refractivity contribution in [2.45, 2.75) is 78.1 Å². The lowest BCUT2D eigenvalue weighted by atomic mass is 10.0. The van der Waals surface area contributed by atoms with Crippen molar-refractivity contribution >= 4 is 12.0 Å². The molecule has 6 nitrogen and oxygen atoms in total. The molecule has 1 atom stereocenters. The summed E-state index contributed by atoms with van der Waals surface area (Å²) < 4.78 is 10.7. The Bertz CT molecular complexity index is 664. The zero-order chi connectivity index (χ0) is 20.9. The standard InChI is InChI=1S/C22H34N2O4/c1-16(2)24(15-17-10-12-18(27-6)13-11-17)20(25)19-9-7-8-14-23(19)21(26)28-22(3,4)5/h10-13,16,19H,7-9,14-15H2,1-6H3. The Balaban J connectivity index is 2.17. The van der Waals surface area contributed by atoms with Crippen LogP contribution in [0.3, 0.4) is 0 Å². The number of benzene rings is 1. The highest BCUT2D eigenvalue weighted by molar-refractivity contribution is 5.86. The van der Waals surface area contributed by atoms with E-state index in [-0.39, 0.29) is 11.9 Å². The summed E-state index contributed by atoms with van der Waals surface area (Å²) in [5, 5.41) is 0. The summed E-state index contributed by atoms with van der Waals surface area (Å²) in [5.41, 5.74) is 0.450. The SMILES string of the molecule is COc1ccc(CN(C(=O)C2CCCCN2C(=O)OC(C)(C)C)C(C)C)cc1. The van der Waals surface area contributed by atoms with Crippen molar-refractivity contribution in [3.8, 4) is 5.75 Å². The van der Waals surface area contributed by atoms with Gasteiger partial charge < -0.3 is 14.4 Å². The van der Waals surface area contributed by atoms with Crippen LogP contribution in [0.1, 0.15) is 59.4 Å². The van der Waals surface area contributed by atoms with E-state index < -0.39 is 17.7 Å². The Hall–Kier alpha value is -2.24. The number of methoxy groups -OCH3 is 1. The monoisotopic (exact) mass is 390 g/mol. The summed E-state index contributed by atoms with van der Waals surface area (Å²) >= 11 is 0. The van der Waals surface area contributed by atoms with E-state index >= 15 is 0 Å². The summed E-state index contributed by atoms with van der Waals surface area (Å²) in [4.78, 5) is 29.5. The summed E-state index contributed by atoms with van der Waals surface area (Å²) in [5.74, 6) is 0.769. The van der Waals surface area contributed by atoms with Crippen LogP contribution < -0.4 is 4.74 Å². The molecule has 1 saturated heterocycles. The maximum Gasteiger partial charge on any atom is 0.410 e. The molecule has 0 N–H and O–H groups in total. The van der Waals surface area contributed by atoms with Crippen LogP contribution in [-0.2, 0) is 16.1 Å². The molecule has 0 bridgehead atoms. The minimum atomic E-state index is -0.580. The van der Waals surface area contributed by atoms with Crippen LogP contribution in [0.15, 0.2) is 24.3 Å². The van der Waals surface area contributed by atoms with Gasteiger partial charge in [-0.05, 0) is 71.6 Å². The van der Waals surface area contributed by atoms with Crippen molar-refractivity contribution in [3.63, 3.8) is 0 Å². The topological polar surface area (TPSA) is 59.1 Å². The van der Waals surface area contributed by atoms with Gasteiger partial charge in [0.2, 0.25) is 5.91 Å². The molecule has 1 aliphatic rings. The van der Waals surface area contributed by atoms with Crippen LogP contribution in [0, 0.1) is 0 Å². The molecule has 1 aromatic carbocycles. The van der Waals surface area contributed by atoms with Crippen molar-refractivity contribution in [2.75, 3.05) is 13.7 Å². The van der Waals surface area contributed by atoms with Crippen LogP contribution >= 0.6 is 0 Å². The first-order valence-electron chi connectivity index (χ1n) is 10.1. The quantitative estimate of drug-likeness (QED) is 0.755. The highest BCUT2D eigenvalue weighted by Gasteiger charge is 2.37. The smallest absolute Gasteiger partial charge is 0.410 e. The second-order valence-corrected chi connectivity index (χ2v) is 8.59. The average Bonchev–Trinajstić information content (AvgIpc) is 2.64. The van der Waals surface area contributed by atoms with Gasteiger partial charge in [0.15, 0.2) is 0 Å². The number of piperidine rings is 1. The molecule has 1 aliphatic heterocycles. The summed E-state index contributed by atoms with van der Waals surface area (Å²) in [6, 6.07) is 7.28. The van der Waals surface area contributed by atoms with Gasteiger partial charge in [-0.2, -0.15) is 0 Å². The predicted octanol–water partition coefficient (Wildman–Crippen LogP) is 4.22. The van der Waals surface area contributed by atoms with Crippen LogP contribution in [0.2, 0.25) is 0 Å². The third-order valence-corrected chi connectivity index (χ3v) is 4.83. The van der Waals surface area contributed by atoms with Gasteiger partial charge in [-0.1, -0.05) is 12.1 Å². The first kappa shape index (κ1) is 22.1. The van der Waals surface area contributed by atoms with E-state index in [1.165, 1.54) is 0 Å². The van der Waals surface area contributed by atoms with Gasteiger partial charge in [-0.15, -0.1) is 0 Å². The predicted molar refractivity (Wildman–Crippen MR) is 109 cm³/mol. The Morgan fingerprint density at radius 1 is 1.18 bits per heavy atom. The average molecular weight is 391 g/mol. The fraction of sp³-hybridized carbons (Fsp3) is 0.636. The van der Waals surface area contributed by atoms with Gasteiger partial charge in [0.05, 0.1) is 7.11 Å². The van der Waals surface area contributed by atoms with E-state index in [0.717, 1.165) is 24.2 Å². The van der Waals surface area contributed by atoms with Crippen molar-refractivity contribution < 1.29 is 19.1 Å². The Morgan fingerprint density at radius 2 is 1.82 bits per heavy atom. The lowest BCUT2D eigenvalue weighted by Crippen LogP contribution is -2.55. The molecule has 1 fully saturated rings. The molecule has 2 amide bonds. The number of hydrogen-bond acceptors (Lipinski definition) is 4.